The van der Waals surface area contributed by atoms with Crippen molar-refractivity contribution in [2.24, 2.45) is 0 Å². The summed E-state index contributed by atoms with van der Waals surface area (Å²) in [5.74, 6) is 0. The maximum atomic E-state index is 3.49. The topological polar surface area (TPSA) is 15.3 Å². The van der Waals surface area contributed by atoms with Crippen LogP contribution in [0.4, 0.5) is 22.7 Å². The second-order valence-electron chi connectivity index (χ2n) is 15.8. The number of hydrogen-bond donors (Lipinski definition) is 1. The molecule has 0 saturated heterocycles. The van der Waals surface area contributed by atoms with Crippen molar-refractivity contribution in [3.05, 3.63) is 198 Å². The highest BCUT2D eigenvalue weighted by molar-refractivity contribution is 5.95. The lowest BCUT2D eigenvalue weighted by Gasteiger charge is -2.43. The zero-order valence-corrected chi connectivity index (χ0v) is 31.6. The van der Waals surface area contributed by atoms with E-state index in [1.165, 1.54) is 90.4 Å². The summed E-state index contributed by atoms with van der Waals surface area (Å²) in [5.41, 5.74) is 13.9. The molecule has 2 heteroatoms. The minimum atomic E-state index is -0.154. The maximum Gasteiger partial charge on any atom is 0.0506 e. The summed E-state index contributed by atoms with van der Waals surface area (Å²) in [4.78, 5) is 2.49. The lowest BCUT2D eigenvalue weighted by Crippen LogP contribution is -2.31. The minimum Gasteiger partial charge on any atom is -0.362 e. The monoisotopic (exact) mass is 698 g/mol. The van der Waals surface area contributed by atoms with E-state index in [9.17, 15) is 0 Å². The number of para-hydroxylation sites is 1. The molecule has 10 rings (SSSR count). The van der Waals surface area contributed by atoms with Gasteiger partial charge in [0.1, 0.15) is 0 Å². The summed E-state index contributed by atoms with van der Waals surface area (Å²) >= 11 is 0. The van der Waals surface area contributed by atoms with Gasteiger partial charge in [-0.1, -0.05) is 149 Å². The van der Waals surface area contributed by atoms with E-state index in [1.807, 2.05) is 0 Å². The van der Waals surface area contributed by atoms with Crippen LogP contribution in [0.25, 0.3) is 38.7 Å². The van der Waals surface area contributed by atoms with E-state index in [2.05, 4.69) is 214 Å². The first-order valence-corrected chi connectivity index (χ1v) is 19.2. The number of allylic oxidation sites excluding steroid dienone is 4. The van der Waals surface area contributed by atoms with E-state index in [0.717, 1.165) is 5.69 Å². The van der Waals surface area contributed by atoms with E-state index in [1.54, 1.807) is 0 Å². The molecule has 1 heterocycles. The molecule has 1 aliphatic heterocycles. The van der Waals surface area contributed by atoms with Crippen LogP contribution in [-0.4, -0.2) is 0 Å². The van der Waals surface area contributed by atoms with Gasteiger partial charge in [0.15, 0.2) is 0 Å². The van der Waals surface area contributed by atoms with Gasteiger partial charge in [-0.05, 0) is 122 Å². The van der Waals surface area contributed by atoms with Crippen LogP contribution in [0.5, 0.6) is 0 Å². The van der Waals surface area contributed by atoms with Crippen LogP contribution in [-0.2, 0) is 10.8 Å². The molecule has 264 valence electrons. The van der Waals surface area contributed by atoms with Crippen LogP contribution >= 0.6 is 0 Å². The maximum absolute atomic E-state index is 3.49. The van der Waals surface area contributed by atoms with Crippen molar-refractivity contribution in [1.82, 2.24) is 0 Å². The van der Waals surface area contributed by atoms with Crippen molar-refractivity contribution >= 4 is 50.4 Å². The van der Waals surface area contributed by atoms with E-state index in [-0.39, 0.29) is 10.8 Å². The van der Waals surface area contributed by atoms with Crippen LogP contribution in [0, 0.1) is 0 Å². The molecule has 2 nitrogen and oxygen atoms in total. The van der Waals surface area contributed by atoms with Gasteiger partial charge in [0.05, 0.1) is 11.4 Å². The summed E-state index contributed by atoms with van der Waals surface area (Å²) in [7, 11) is 0. The quantitative estimate of drug-likeness (QED) is 0.197. The second kappa shape index (κ2) is 13.4. The molecule has 0 fully saturated rings. The molecule has 0 spiro atoms. The molecule has 0 amide bonds. The third kappa shape index (κ3) is 5.83. The standard InChI is InChI=1S/C46H38N2.C6H8/c1-45(2)39-15-9-10-16-43(39)48(36-21-19-32-12-6-8-14-34(32)27-36)44-29-41-38(28-42(44)45)37-22-17-30(25-40(37)46(41,3)4)23-24-47-35-20-18-31-11-5-7-13-33(31)26-35;1-2-4-6-5-3-1/h5-29,47H,1-4H3;1-4H,5-6H2/b24-23+;. The minimum absolute atomic E-state index is 0.147. The highest BCUT2D eigenvalue weighted by Gasteiger charge is 2.42. The van der Waals surface area contributed by atoms with Gasteiger partial charge in [-0.25, -0.2) is 0 Å². The van der Waals surface area contributed by atoms with Crippen molar-refractivity contribution in [3.8, 4) is 11.1 Å². The zero-order chi connectivity index (χ0) is 36.9. The SMILES string of the molecule is C1=CCCC=C1.CC1(C)c2cc(/C=C/Nc3ccc4ccccc4c3)ccc2-c2cc3c(cc21)N(c1ccc2ccccc2c1)c1ccccc1C3(C)C. The zero-order valence-electron chi connectivity index (χ0n) is 31.6. The van der Waals surface area contributed by atoms with Gasteiger partial charge in [-0.15, -0.1) is 0 Å². The Morgan fingerprint density at radius 1 is 0.500 bits per heavy atom. The molecular formula is C52H46N2. The predicted octanol–water partition coefficient (Wildman–Crippen LogP) is 14.4. The summed E-state index contributed by atoms with van der Waals surface area (Å²) in [6, 6.07) is 51.4. The highest BCUT2D eigenvalue weighted by atomic mass is 15.2. The molecule has 54 heavy (non-hydrogen) atoms. The van der Waals surface area contributed by atoms with Crippen molar-refractivity contribution in [2.75, 3.05) is 10.2 Å². The Balaban J connectivity index is 0.000000586. The van der Waals surface area contributed by atoms with Crippen LogP contribution in [0.1, 0.15) is 68.4 Å². The number of hydrogen-bond acceptors (Lipinski definition) is 2. The molecule has 0 radical (unpaired) electrons. The van der Waals surface area contributed by atoms with Crippen LogP contribution in [0.3, 0.4) is 0 Å². The first-order valence-electron chi connectivity index (χ1n) is 19.2. The average Bonchev–Trinajstić information content (AvgIpc) is 3.43. The van der Waals surface area contributed by atoms with E-state index in [4.69, 9.17) is 0 Å². The number of fused-ring (bicyclic) bond motifs is 7. The second-order valence-corrected chi connectivity index (χ2v) is 15.8. The van der Waals surface area contributed by atoms with Gasteiger partial charge in [0.2, 0.25) is 0 Å². The number of benzene rings is 7. The molecule has 1 N–H and O–H groups in total. The first-order chi connectivity index (χ1) is 26.3. The Bertz CT molecular complexity index is 2640. The van der Waals surface area contributed by atoms with Crippen LogP contribution in [0.15, 0.2) is 170 Å². The predicted molar refractivity (Wildman–Crippen MR) is 232 cm³/mol. The molecule has 3 aliphatic rings. The fourth-order valence-electron chi connectivity index (χ4n) is 8.70. The van der Waals surface area contributed by atoms with Crippen molar-refractivity contribution < 1.29 is 0 Å². The summed E-state index contributed by atoms with van der Waals surface area (Å²) < 4.78 is 0. The van der Waals surface area contributed by atoms with Gasteiger partial charge in [-0.2, -0.15) is 0 Å². The molecular weight excluding hydrogens is 653 g/mol. The Hall–Kier alpha value is -6.12. The summed E-state index contributed by atoms with van der Waals surface area (Å²) in [6.45, 7) is 9.53. The van der Waals surface area contributed by atoms with Crippen LogP contribution < -0.4 is 10.2 Å². The first kappa shape index (κ1) is 33.7. The number of nitrogens with zero attached hydrogens (tertiary/aromatic N) is 1. The molecule has 0 unspecified atom stereocenters. The van der Waals surface area contributed by atoms with Gasteiger partial charge in [-0.3, -0.25) is 0 Å². The summed E-state index contributed by atoms with van der Waals surface area (Å²) in [6.07, 6.45) is 15.2. The molecule has 7 aromatic rings. The van der Waals surface area contributed by atoms with Gasteiger partial charge in [0, 0.05) is 28.4 Å². The molecule has 0 saturated carbocycles. The smallest absolute Gasteiger partial charge is 0.0506 e. The molecule has 2 aliphatic carbocycles. The Morgan fingerprint density at radius 3 is 1.85 bits per heavy atom. The normalized spacial score (nSPS) is 15.7. The lowest BCUT2D eigenvalue weighted by molar-refractivity contribution is 0.627. The van der Waals surface area contributed by atoms with E-state index in [0.29, 0.717) is 0 Å². The van der Waals surface area contributed by atoms with Gasteiger partial charge in [0.25, 0.3) is 0 Å². The molecule has 7 aromatic carbocycles. The molecule has 0 bridgehead atoms. The van der Waals surface area contributed by atoms with Gasteiger partial charge >= 0.3 is 0 Å². The Kier molecular flexibility index (Phi) is 8.35. The third-order valence-electron chi connectivity index (χ3n) is 11.7. The Morgan fingerprint density at radius 2 is 1.13 bits per heavy atom. The number of rotatable bonds is 4. The number of nitrogens with one attached hydrogen (secondary N) is 1. The molecule has 0 atom stereocenters. The third-order valence-corrected chi connectivity index (χ3v) is 11.7. The fourth-order valence-corrected chi connectivity index (χ4v) is 8.70. The van der Waals surface area contributed by atoms with Gasteiger partial charge < -0.3 is 10.2 Å². The largest absolute Gasteiger partial charge is 0.362 e. The average molecular weight is 699 g/mol. The Labute approximate surface area is 319 Å². The lowest BCUT2D eigenvalue weighted by atomic mass is 9.71. The molecule has 0 aromatic heterocycles. The van der Waals surface area contributed by atoms with Crippen molar-refractivity contribution in [3.63, 3.8) is 0 Å². The number of anilines is 4. The summed E-state index contributed by atoms with van der Waals surface area (Å²) in [5, 5.41) is 8.49. The highest BCUT2D eigenvalue weighted by Crippen LogP contribution is 2.57. The fraction of sp³-hybridized carbons (Fsp3) is 0.154. The van der Waals surface area contributed by atoms with E-state index < -0.39 is 0 Å². The van der Waals surface area contributed by atoms with Crippen molar-refractivity contribution in [1.29, 1.82) is 0 Å². The van der Waals surface area contributed by atoms with Crippen LogP contribution in [0.2, 0.25) is 0 Å². The van der Waals surface area contributed by atoms with Crippen molar-refractivity contribution in [2.45, 2.75) is 51.4 Å². The van der Waals surface area contributed by atoms with E-state index >= 15 is 0 Å².